The molecule has 1 amide bonds. The Morgan fingerprint density at radius 2 is 2.15 bits per heavy atom. The summed E-state index contributed by atoms with van der Waals surface area (Å²) in [7, 11) is 5.29. The van der Waals surface area contributed by atoms with Crippen molar-refractivity contribution < 1.29 is 18.7 Å². The van der Waals surface area contributed by atoms with E-state index >= 15 is 0 Å². The molecule has 3 rings (SSSR count). The SMILES string of the molecule is COc1ccc(F)cc1C(=O)N1CCOC(c2cccc(N(C)C)n2)C1. The van der Waals surface area contributed by atoms with Crippen LogP contribution in [0.2, 0.25) is 0 Å². The van der Waals surface area contributed by atoms with Gasteiger partial charge in [-0.15, -0.1) is 0 Å². The molecule has 26 heavy (non-hydrogen) atoms. The first kappa shape index (κ1) is 18.1. The van der Waals surface area contributed by atoms with Crippen LogP contribution < -0.4 is 9.64 Å². The summed E-state index contributed by atoms with van der Waals surface area (Å²) >= 11 is 0. The molecule has 0 saturated carbocycles. The third kappa shape index (κ3) is 3.77. The van der Waals surface area contributed by atoms with Crippen LogP contribution >= 0.6 is 0 Å². The number of amides is 1. The van der Waals surface area contributed by atoms with Crippen LogP contribution in [0.1, 0.15) is 22.2 Å². The molecular weight excluding hydrogens is 337 g/mol. The highest BCUT2D eigenvalue weighted by Crippen LogP contribution is 2.26. The molecule has 0 radical (unpaired) electrons. The predicted molar refractivity (Wildman–Crippen MR) is 96.1 cm³/mol. The van der Waals surface area contributed by atoms with Crippen molar-refractivity contribution in [3.05, 3.63) is 53.5 Å². The molecule has 2 aromatic rings. The van der Waals surface area contributed by atoms with Crippen LogP contribution in [0.25, 0.3) is 0 Å². The zero-order valence-corrected chi connectivity index (χ0v) is 15.1. The summed E-state index contributed by atoms with van der Waals surface area (Å²) in [6.07, 6.45) is -0.327. The summed E-state index contributed by atoms with van der Waals surface area (Å²) in [5, 5.41) is 0. The van der Waals surface area contributed by atoms with Crippen molar-refractivity contribution in [1.82, 2.24) is 9.88 Å². The molecule has 1 saturated heterocycles. The number of rotatable bonds is 4. The van der Waals surface area contributed by atoms with Crippen LogP contribution in [0, 0.1) is 5.82 Å². The lowest BCUT2D eigenvalue weighted by Crippen LogP contribution is -2.42. The van der Waals surface area contributed by atoms with Gasteiger partial charge in [0.15, 0.2) is 0 Å². The van der Waals surface area contributed by atoms with Gasteiger partial charge in [-0.3, -0.25) is 4.79 Å². The van der Waals surface area contributed by atoms with Gasteiger partial charge in [0.25, 0.3) is 5.91 Å². The first-order valence-corrected chi connectivity index (χ1v) is 8.38. The largest absolute Gasteiger partial charge is 0.496 e. The van der Waals surface area contributed by atoms with Crippen molar-refractivity contribution in [2.45, 2.75) is 6.10 Å². The van der Waals surface area contributed by atoms with Gasteiger partial charge >= 0.3 is 0 Å². The number of hydrogen-bond donors (Lipinski definition) is 0. The van der Waals surface area contributed by atoms with Crippen LogP contribution in [-0.2, 0) is 4.74 Å². The van der Waals surface area contributed by atoms with E-state index in [1.807, 2.05) is 37.2 Å². The molecule has 0 aliphatic carbocycles. The van der Waals surface area contributed by atoms with Crippen molar-refractivity contribution >= 4 is 11.7 Å². The highest BCUT2D eigenvalue weighted by molar-refractivity contribution is 5.97. The minimum absolute atomic E-state index is 0.211. The Bertz CT molecular complexity index is 797. The average molecular weight is 359 g/mol. The van der Waals surface area contributed by atoms with E-state index in [1.54, 1.807) is 4.90 Å². The van der Waals surface area contributed by atoms with Crippen molar-refractivity contribution in [3.8, 4) is 5.75 Å². The number of ether oxygens (including phenoxy) is 2. The normalized spacial score (nSPS) is 17.1. The molecule has 1 fully saturated rings. The minimum Gasteiger partial charge on any atom is -0.496 e. The summed E-state index contributed by atoms with van der Waals surface area (Å²) in [5.41, 5.74) is 0.975. The molecule has 2 heterocycles. The monoisotopic (exact) mass is 359 g/mol. The summed E-state index contributed by atoms with van der Waals surface area (Å²) in [6.45, 7) is 1.17. The van der Waals surface area contributed by atoms with Gasteiger partial charge < -0.3 is 19.3 Å². The number of carbonyl (C=O) groups excluding carboxylic acids is 1. The lowest BCUT2D eigenvalue weighted by molar-refractivity contribution is -0.0247. The van der Waals surface area contributed by atoms with Crippen LogP contribution in [0.4, 0.5) is 10.2 Å². The molecule has 138 valence electrons. The predicted octanol–water partition coefficient (Wildman–Crippen LogP) is 2.51. The van der Waals surface area contributed by atoms with Gasteiger partial charge in [0.2, 0.25) is 0 Å². The van der Waals surface area contributed by atoms with E-state index in [4.69, 9.17) is 9.47 Å². The van der Waals surface area contributed by atoms with E-state index in [-0.39, 0.29) is 17.6 Å². The quantitative estimate of drug-likeness (QED) is 0.840. The third-order valence-corrected chi connectivity index (χ3v) is 4.29. The number of morpholine rings is 1. The van der Waals surface area contributed by atoms with Gasteiger partial charge in [0, 0.05) is 20.6 Å². The molecule has 1 atom stereocenters. The number of methoxy groups -OCH3 is 1. The van der Waals surface area contributed by atoms with E-state index in [0.29, 0.717) is 25.4 Å². The highest BCUT2D eigenvalue weighted by atomic mass is 19.1. The molecule has 0 N–H and O–H groups in total. The second-order valence-electron chi connectivity index (χ2n) is 6.27. The number of benzene rings is 1. The molecule has 0 bridgehead atoms. The number of nitrogens with zero attached hydrogens (tertiary/aromatic N) is 3. The smallest absolute Gasteiger partial charge is 0.257 e. The van der Waals surface area contributed by atoms with Gasteiger partial charge in [-0.25, -0.2) is 9.37 Å². The summed E-state index contributed by atoms with van der Waals surface area (Å²) in [6, 6.07) is 9.65. The molecule has 1 aromatic carbocycles. The van der Waals surface area contributed by atoms with E-state index in [1.165, 1.54) is 25.3 Å². The van der Waals surface area contributed by atoms with Crippen molar-refractivity contribution in [2.24, 2.45) is 0 Å². The summed E-state index contributed by atoms with van der Waals surface area (Å²) < 4.78 is 24.6. The molecule has 0 spiro atoms. The maximum atomic E-state index is 13.6. The Kier molecular flexibility index (Phi) is 5.37. The summed E-state index contributed by atoms with van der Waals surface area (Å²) in [5.74, 6) is 0.422. The average Bonchev–Trinajstić information content (AvgIpc) is 2.67. The van der Waals surface area contributed by atoms with Gasteiger partial charge in [-0.05, 0) is 30.3 Å². The standard InChI is InChI=1S/C19H22FN3O3/c1-22(2)18-6-4-5-15(21-18)17-12-23(9-10-26-17)19(24)14-11-13(20)7-8-16(14)25-3/h4-8,11,17H,9-10,12H2,1-3H3. The molecule has 1 unspecified atom stereocenters. The topological polar surface area (TPSA) is 54.9 Å². The van der Waals surface area contributed by atoms with Crippen LogP contribution in [0.5, 0.6) is 5.75 Å². The fraction of sp³-hybridized carbons (Fsp3) is 0.368. The second-order valence-corrected chi connectivity index (χ2v) is 6.27. The molecule has 7 heteroatoms. The lowest BCUT2D eigenvalue weighted by atomic mass is 10.1. The fourth-order valence-corrected chi connectivity index (χ4v) is 2.90. The Balaban J connectivity index is 1.81. The van der Waals surface area contributed by atoms with E-state index < -0.39 is 5.82 Å². The molecule has 1 aromatic heterocycles. The van der Waals surface area contributed by atoms with Crippen LogP contribution in [0.3, 0.4) is 0 Å². The van der Waals surface area contributed by atoms with Gasteiger partial charge in [-0.2, -0.15) is 0 Å². The molecule has 1 aliphatic heterocycles. The maximum absolute atomic E-state index is 13.6. The fourth-order valence-electron chi connectivity index (χ4n) is 2.90. The minimum atomic E-state index is -0.473. The molecule has 6 nitrogen and oxygen atoms in total. The second kappa shape index (κ2) is 7.70. The van der Waals surface area contributed by atoms with Crippen LogP contribution in [0.15, 0.2) is 36.4 Å². The zero-order valence-electron chi connectivity index (χ0n) is 15.1. The van der Waals surface area contributed by atoms with Gasteiger partial charge in [-0.1, -0.05) is 6.07 Å². The Morgan fingerprint density at radius 1 is 1.35 bits per heavy atom. The first-order valence-electron chi connectivity index (χ1n) is 8.38. The van der Waals surface area contributed by atoms with Gasteiger partial charge in [0.05, 0.1) is 31.5 Å². The molecular formula is C19H22FN3O3. The van der Waals surface area contributed by atoms with E-state index in [0.717, 1.165) is 11.5 Å². The number of carbonyl (C=O) groups is 1. The summed E-state index contributed by atoms with van der Waals surface area (Å²) in [4.78, 5) is 21.0. The van der Waals surface area contributed by atoms with Crippen LogP contribution in [-0.4, -0.2) is 56.7 Å². The van der Waals surface area contributed by atoms with Crippen molar-refractivity contribution in [3.63, 3.8) is 0 Å². The van der Waals surface area contributed by atoms with E-state index in [2.05, 4.69) is 4.98 Å². The Labute approximate surface area is 152 Å². The van der Waals surface area contributed by atoms with Crippen molar-refractivity contribution in [2.75, 3.05) is 45.8 Å². The van der Waals surface area contributed by atoms with Crippen molar-refractivity contribution in [1.29, 1.82) is 0 Å². The number of aromatic nitrogens is 1. The Morgan fingerprint density at radius 3 is 2.88 bits per heavy atom. The first-order chi connectivity index (χ1) is 12.5. The number of pyridine rings is 1. The maximum Gasteiger partial charge on any atom is 0.257 e. The lowest BCUT2D eigenvalue weighted by Gasteiger charge is -2.33. The van der Waals surface area contributed by atoms with Gasteiger partial charge in [0.1, 0.15) is 23.5 Å². The Hall–Kier alpha value is -2.67. The van der Waals surface area contributed by atoms with E-state index in [9.17, 15) is 9.18 Å². The number of halogens is 1. The zero-order chi connectivity index (χ0) is 18.7. The molecule has 1 aliphatic rings. The number of hydrogen-bond acceptors (Lipinski definition) is 5. The number of anilines is 1. The highest BCUT2D eigenvalue weighted by Gasteiger charge is 2.28. The third-order valence-electron chi connectivity index (χ3n) is 4.29.